The monoisotopic (exact) mass is 283 g/mol. The molecule has 0 heterocycles. The van der Waals surface area contributed by atoms with Gasteiger partial charge >= 0.3 is 6.03 Å². The first kappa shape index (κ1) is 13.8. The molecule has 0 spiro atoms. The van der Waals surface area contributed by atoms with Gasteiger partial charge in [0.2, 0.25) is 10.0 Å². The molecule has 1 aliphatic rings. The van der Waals surface area contributed by atoms with Crippen LogP contribution in [0.5, 0.6) is 0 Å². The quantitative estimate of drug-likeness (QED) is 0.763. The molecular weight excluding hydrogens is 266 g/mol. The maximum absolute atomic E-state index is 11.6. The van der Waals surface area contributed by atoms with E-state index in [1.807, 2.05) is 6.92 Å². The predicted octanol–water partition coefficient (Wildman–Crippen LogP) is 0.857. The SMILES string of the molecule is C[C@H](NC(=O)NC1CC1)c1ccc(S(N)(=O)=O)cc1. The number of sulfonamides is 1. The summed E-state index contributed by atoms with van der Waals surface area (Å²) in [7, 11) is -3.68. The second kappa shape index (κ2) is 5.18. The van der Waals surface area contributed by atoms with Gasteiger partial charge in [0.1, 0.15) is 0 Å². The molecule has 7 heteroatoms. The summed E-state index contributed by atoms with van der Waals surface area (Å²) in [5.41, 5.74) is 0.818. The van der Waals surface area contributed by atoms with Crippen molar-refractivity contribution >= 4 is 16.1 Å². The Kier molecular flexibility index (Phi) is 3.77. The first-order chi connectivity index (χ1) is 8.86. The normalized spacial score (nSPS) is 16.7. The summed E-state index contributed by atoms with van der Waals surface area (Å²) in [5, 5.41) is 10.6. The molecule has 2 rings (SSSR count). The number of nitrogens with one attached hydrogen (secondary N) is 2. The highest BCUT2D eigenvalue weighted by Crippen LogP contribution is 2.19. The van der Waals surface area contributed by atoms with E-state index in [9.17, 15) is 13.2 Å². The van der Waals surface area contributed by atoms with Gasteiger partial charge in [0, 0.05) is 6.04 Å². The molecule has 0 bridgehead atoms. The Morgan fingerprint density at radius 2 is 1.89 bits per heavy atom. The maximum atomic E-state index is 11.6. The topological polar surface area (TPSA) is 101 Å². The van der Waals surface area contributed by atoms with Crippen LogP contribution in [0.1, 0.15) is 31.4 Å². The molecule has 104 valence electrons. The number of benzene rings is 1. The lowest BCUT2D eigenvalue weighted by Gasteiger charge is -2.15. The summed E-state index contributed by atoms with van der Waals surface area (Å²) in [6.07, 6.45) is 2.07. The Balaban J connectivity index is 1.98. The molecule has 0 unspecified atom stereocenters. The van der Waals surface area contributed by atoms with Gasteiger partial charge in [-0.3, -0.25) is 0 Å². The van der Waals surface area contributed by atoms with Crippen LogP contribution in [-0.4, -0.2) is 20.5 Å². The molecule has 1 aromatic carbocycles. The van der Waals surface area contributed by atoms with Gasteiger partial charge in [-0.1, -0.05) is 12.1 Å². The molecule has 0 radical (unpaired) electrons. The molecule has 1 atom stereocenters. The van der Waals surface area contributed by atoms with Crippen LogP contribution in [0, 0.1) is 0 Å². The maximum Gasteiger partial charge on any atom is 0.315 e. The zero-order valence-electron chi connectivity index (χ0n) is 10.6. The van der Waals surface area contributed by atoms with Gasteiger partial charge in [0.25, 0.3) is 0 Å². The minimum absolute atomic E-state index is 0.0610. The molecule has 1 saturated carbocycles. The molecule has 19 heavy (non-hydrogen) atoms. The summed E-state index contributed by atoms with van der Waals surface area (Å²) in [6.45, 7) is 1.83. The molecule has 0 saturated heterocycles. The molecule has 4 N–H and O–H groups in total. The minimum Gasteiger partial charge on any atom is -0.335 e. The summed E-state index contributed by atoms with van der Waals surface area (Å²) >= 11 is 0. The minimum atomic E-state index is -3.68. The molecule has 0 aliphatic heterocycles. The number of carbonyl (C=O) groups is 1. The van der Waals surface area contributed by atoms with Crippen molar-refractivity contribution in [2.75, 3.05) is 0 Å². The Morgan fingerprint density at radius 3 is 2.37 bits per heavy atom. The second-order valence-electron chi connectivity index (χ2n) is 4.73. The highest BCUT2D eigenvalue weighted by atomic mass is 32.2. The van der Waals surface area contributed by atoms with Crippen LogP contribution in [0.2, 0.25) is 0 Å². The number of rotatable bonds is 4. The zero-order valence-corrected chi connectivity index (χ0v) is 11.4. The number of primary sulfonamides is 1. The molecule has 0 aromatic heterocycles. The van der Waals surface area contributed by atoms with E-state index in [0.717, 1.165) is 18.4 Å². The fraction of sp³-hybridized carbons (Fsp3) is 0.417. The highest BCUT2D eigenvalue weighted by Gasteiger charge is 2.23. The van der Waals surface area contributed by atoms with E-state index in [4.69, 9.17) is 5.14 Å². The number of urea groups is 1. The lowest BCUT2D eigenvalue weighted by Crippen LogP contribution is -2.38. The van der Waals surface area contributed by atoms with E-state index in [-0.39, 0.29) is 17.0 Å². The smallest absolute Gasteiger partial charge is 0.315 e. The van der Waals surface area contributed by atoms with Gasteiger partial charge in [-0.15, -0.1) is 0 Å². The molecule has 1 aliphatic carbocycles. The third-order valence-corrected chi connectivity index (χ3v) is 3.90. The van der Waals surface area contributed by atoms with Gasteiger partial charge in [0.15, 0.2) is 0 Å². The van der Waals surface area contributed by atoms with E-state index in [0.29, 0.717) is 6.04 Å². The van der Waals surface area contributed by atoms with E-state index >= 15 is 0 Å². The van der Waals surface area contributed by atoms with E-state index in [2.05, 4.69) is 10.6 Å². The molecular formula is C12H17N3O3S. The lowest BCUT2D eigenvalue weighted by molar-refractivity contribution is 0.237. The standard InChI is InChI=1S/C12H17N3O3S/c1-8(14-12(16)15-10-4-5-10)9-2-6-11(7-3-9)19(13,17)18/h2-3,6-8,10H,4-5H2,1H3,(H2,13,17,18)(H2,14,15,16)/t8-/m0/s1. The molecule has 6 nitrogen and oxygen atoms in total. The zero-order chi connectivity index (χ0) is 14.0. The summed E-state index contributed by atoms with van der Waals surface area (Å²) in [6, 6.07) is 6.04. The van der Waals surface area contributed by atoms with Crippen LogP contribution in [0.4, 0.5) is 4.79 Å². The number of amides is 2. The van der Waals surface area contributed by atoms with Gasteiger partial charge in [-0.25, -0.2) is 18.4 Å². The van der Waals surface area contributed by atoms with Crippen LogP contribution in [0.25, 0.3) is 0 Å². The van der Waals surface area contributed by atoms with E-state index in [1.165, 1.54) is 12.1 Å². The first-order valence-corrected chi connectivity index (χ1v) is 7.60. The Hall–Kier alpha value is -1.60. The van der Waals surface area contributed by atoms with Crippen molar-refractivity contribution in [3.8, 4) is 0 Å². The number of hydrogen-bond donors (Lipinski definition) is 3. The summed E-state index contributed by atoms with van der Waals surface area (Å²) in [5.74, 6) is 0. The second-order valence-corrected chi connectivity index (χ2v) is 6.29. The largest absolute Gasteiger partial charge is 0.335 e. The van der Waals surface area contributed by atoms with Gasteiger partial charge in [0.05, 0.1) is 10.9 Å². The molecule has 1 fully saturated rings. The first-order valence-electron chi connectivity index (χ1n) is 6.06. The highest BCUT2D eigenvalue weighted by molar-refractivity contribution is 7.89. The van der Waals surface area contributed by atoms with Gasteiger partial charge < -0.3 is 10.6 Å². The summed E-state index contributed by atoms with van der Waals surface area (Å²) in [4.78, 5) is 11.6. The number of hydrogen-bond acceptors (Lipinski definition) is 3. The van der Waals surface area contributed by atoms with Crippen molar-refractivity contribution < 1.29 is 13.2 Å². The average Bonchev–Trinajstić information content (AvgIpc) is 3.11. The van der Waals surface area contributed by atoms with Crippen LogP contribution in [-0.2, 0) is 10.0 Å². The Morgan fingerprint density at radius 1 is 1.32 bits per heavy atom. The van der Waals surface area contributed by atoms with Gasteiger partial charge in [-0.05, 0) is 37.5 Å². The third kappa shape index (κ3) is 3.93. The fourth-order valence-corrected chi connectivity index (χ4v) is 2.20. The number of nitrogens with two attached hydrogens (primary N) is 1. The summed E-state index contributed by atoms with van der Waals surface area (Å²) < 4.78 is 22.2. The Bertz CT molecular complexity index is 564. The predicted molar refractivity (Wildman–Crippen MR) is 70.9 cm³/mol. The van der Waals surface area contributed by atoms with Crippen LogP contribution >= 0.6 is 0 Å². The fourth-order valence-electron chi connectivity index (χ4n) is 1.68. The van der Waals surface area contributed by atoms with Crippen LogP contribution in [0.15, 0.2) is 29.2 Å². The van der Waals surface area contributed by atoms with Crippen molar-refractivity contribution in [3.05, 3.63) is 29.8 Å². The van der Waals surface area contributed by atoms with Crippen molar-refractivity contribution in [3.63, 3.8) is 0 Å². The molecule has 2 amide bonds. The van der Waals surface area contributed by atoms with Gasteiger partial charge in [-0.2, -0.15) is 0 Å². The van der Waals surface area contributed by atoms with Crippen molar-refractivity contribution in [1.82, 2.24) is 10.6 Å². The average molecular weight is 283 g/mol. The van der Waals surface area contributed by atoms with Crippen molar-refractivity contribution in [2.24, 2.45) is 5.14 Å². The van der Waals surface area contributed by atoms with Crippen LogP contribution < -0.4 is 15.8 Å². The molecule has 1 aromatic rings. The third-order valence-electron chi connectivity index (χ3n) is 2.97. The number of carbonyl (C=O) groups excluding carboxylic acids is 1. The van der Waals surface area contributed by atoms with E-state index < -0.39 is 10.0 Å². The van der Waals surface area contributed by atoms with Crippen molar-refractivity contribution in [2.45, 2.75) is 36.7 Å². The lowest BCUT2D eigenvalue weighted by atomic mass is 10.1. The van der Waals surface area contributed by atoms with Crippen molar-refractivity contribution in [1.29, 1.82) is 0 Å². The van der Waals surface area contributed by atoms with Crippen LogP contribution in [0.3, 0.4) is 0 Å². The van der Waals surface area contributed by atoms with E-state index in [1.54, 1.807) is 12.1 Å². The Labute approximate surface area is 112 Å².